The lowest BCUT2D eigenvalue weighted by Gasteiger charge is -2.45. The Kier molecular flexibility index (Phi) is 4.08. The largest absolute Gasteiger partial charge is 0.336 e. The summed E-state index contributed by atoms with van der Waals surface area (Å²) in [4.78, 5) is 20.9. The highest BCUT2D eigenvalue weighted by Gasteiger charge is 2.49. The van der Waals surface area contributed by atoms with Crippen molar-refractivity contribution in [3.8, 4) is 0 Å². The minimum absolute atomic E-state index is 0.0898. The van der Waals surface area contributed by atoms with E-state index in [0.29, 0.717) is 13.1 Å². The van der Waals surface area contributed by atoms with E-state index < -0.39 is 9.84 Å². The number of carbonyl (C=O) groups excluding carboxylic acids is 1. The molecule has 0 spiro atoms. The van der Waals surface area contributed by atoms with Gasteiger partial charge in [-0.3, -0.25) is 14.7 Å². The minimum atomic E-state index is -3.09. The fourth-order valence-corrected chi connectivity index (χ4v) is 6.12. The number of amides is 1. The minimum Gasteiger partial charge on any atom is -0.336 e. The molecule has 0 radical (unpaired) electrons. The Bertz CT molecular complexity index is 718. The van der Waals surface area contributed by atoms with E-state index in [1.807, 2.05) is 23.2 Å². The van der Waals surface area contributed by atoms with Crippen LogP contribution < -0.4 is 0 Å². The second kappa shape index (κ2) is 6.11. The average molecular weight is 349 g/mol. The first kappa shape index (κ1) is 16.0. The van der Waals surface area contributed by atoms with Crippen LogP contribution in [0.2, 0.25) is 0 Å². The van der Waals surface area contributed by atoms with E-state index in [1.54, 1.807) is 6.20 Å². The Morgan fingerprint density at radius 2 is 2.00 bits per heavy atom. The van der Waals surface area contributed by atoms with Crippen LogP contribution in [0, 0.1) is 5.92 Å². The highest BCUT2D eigenvalue weighted by Crippen LogP contribution is 2.33. The van der Waals surface area contributed by atoms with Crippen molar-refractivity contribution in [1.29, 1.82) is 0 Å². The SMILES string of the molecule is O=C(C1CCC1)N1CCN(Cc2cccnc2)[C@H]2CS(=O)(=O)C[C@H]21. The molecule has 4 rings (SSSR count). The van der Waals surface area contributed by atoms with Crippen molar-refractivity contribution < 1.29 is 13.2 Å². The fourth-order valence-electron chi connectivity index (χ4n) is 4.11. The van der Waals surface area contributed by atoms with E-state index in [0.717, 1.165) is 31.4 Å². The van der Waals surface area contributed by atoms with Gasteiger partial charge in [0.25, 0.3) is 0 Å². The molecule has 0 unspecified atom stereocenters. The predicted octanol–water partition coefficient (Wildman–Crippen LogP) is 0.692. The maximum Gasteiger partial charge on any atom is 0.226 e. The number of carbonyl (C=O) groups is 1. The highest BCUT2D eigenvalue weighted by molar-refractivity contribution is 7.91. The number of rotatable bonds is 3. The van der Waals surface area contributed by atoms with E-state index >= 15 is 0 Å². The first-order valence-electron chi connectivity index (χ1n) is 8.67. The smallest absolute Gasteiger partial charge is 0.226 e. The predicted molar refractivity (Wildman–Crippen MR) is 89.9 cm³/mol. The number of nitrogens with zero attached hydrogens (tertiary/aromatic N) is 3. The molecule has 0 N–H and O–H groups in total. The molecule has 24 heavy (non-hydrogen) atoms. The number of fused-ring (bicyclic) bond motifs is 1. The van der Waals surface area contributed by atoms with Gasteiger partial charge in [-0.1, -0.05) is 12.5 Å². The molecule has 1 amide bonds. The highest BCUT2D eigenvalue weighted by atomic mass is 32.2. The third-order valence-electron chi connectivity index (χ3n) is 5.64. The zero-order valence-electron chi connectivity index (χ0n) is 13.7. The van der Waals surface area contributed by atoms with Crippen LogP contribution >= 0.6 is 0 Å². The molecule has 0 aromatic carbocycles. The summed E-state index contributed by atoms with van der Waals surface area (Å²) in [5.74, 6) is 0.569. The van der Waals surface area contributed by atoms with E-state index in [1.165, 1.54) is 0 Å². The van der Waals surface area contributed by atoms with Crippen LogP contribution in [-0.2, 0) is 21.2 Å². The summed E-state index contributed by atoms with van der Waals surface area (Å²) in [6.45, 7) is 2.05. The van der Waals surface area contributed by atoms with Crippen LogP contribution in [-0.4, -0.2) is 65.8 Å². The molecule has 2 atom stereocenters. The zero-order valence-corrected chi connectivity index (χ0v) is 14.5. The molecule has 2 saturated heterocycles. The third kappa shape index (κ3) is 2.95. The van der Waals surface area contributed by atoms with Crippen molar-refractivity contribution in [2.24, 2.45) is 5.92 Å². The molecule has 6 nitrogen and oxygen atoms in total. The second-order valence-electron chi connectivity index (χ2n) is 7.20. The summed E-state index contributed by atoms with van der Waals surface area (Å²) in [5, 5.41) is 0. The van der Waals surface area contributed by atoms with Gasteiger partial charge < -0.3 is 4.90 Å². The van der Waals surface area contributed by atoms with Gasteiger partial charge in [-0.15, -0.1) is 0 Å². The van der Waals surface area contributed by atoms with Crippen molar-refractivity contribution in [2.75, 3.05) is 24.6 Å². The molecule has 130 valence electrons. The summed E-state index contributed by atoms with van der Waals surface area (Å²) < 4.78 is 24.5. The Labute approximate surface area is 142 Å². The summed E-state index contributed by atoms with van der Waals surface area (Å²) in [7, 11) is -3.09. The molecule has 2 aliphatic heterocycles. The Balaban J connectivity index is 1.54. The molecule has 7 heteroatoms. The summed E-state index contributed by atoms with van der Waals surface area (Å²) >= 11 is 0. The van der Waals surface area contributed by atoms with E-state index in [4.69, 9.17) is 0 Å². The van der Waals surface area contributed by atoms with Gasteiger partial charge in [-0.05, 0) is 24.5 Å². The van der Waals surface area contributed by atoms with Gasteiger partial charge >= 0.3 is 0 Å². The molecular weight excluding hydrogens is 326 g/mol. The number of hydrogen-bond acceptors (Lipinski definition) is 5. The third-order valence-corrected chi connectivity index (χ3v) is 7.34. The fraction of sp³-hybridized carbons (Fsp3) is 0.647. The number of aromatic nitrogens is 1. The van der Waals surface area contributed by atoms with Crippen LogP contribution in [0.1, 0.15) is 24.8 Å². The maximum absolute atomic E-state index is 12.7. The molecule has 1 aliphatic carbocycles. The molecule has 1 aromatic rings. The number of sulfone groups is 1. The summed E-state index contributed by atoms with van der Waals surface area (Å²) in [6, 6.07) is 3.63. The molecule has 1 aromatic heterocycles. The lowest BCUT2D eigenvalue weighted by atomic mass is 9.83. The topological polar surface area (TPSA) is 70.6 Å². The van der Waals surface area contributed by atoms with E-state index in [9.17, 15) is 13.2 Å². The van der Waals surface area contributed by atoms with Crippen LogP contribution in [0.5, 0.6) is 0 Å². The molecule has 3 heterocycles. The van der Waals surface area contributed by atoms with Crippen molar-refractivity contribution >= 4 is 15.7 Å². The maximum atomic E-state index is 12.7. The number of hydrogen-bond donors (Lipinski definition) is 0. The van der Waals surface area contributed by atoms with Crippen LogP contribution in [0.15, 0.2) is 24.5 Å². The molecular formula is C17H23N3O3S. The van der Waals surface area contributed by atoms with Gasteiger partial charge in [0.15, 0.2) is 9.84 Å². The van der Waals surface area contributed by atoms with Gasteiger partial charge in [0.1, 0.15) is 0 Å². The average Bonchev–Trinajstić information content (AvgIpc) is 2.82. The normalized spacial score (nSPS) is 29.9. The van der Waals surface area contributed by atoms with Crippen molar-refractivity contribution in [3.63, 3.8) is 0 Å². The van der Waals surface area contributed by atoms with Gasteiger partial charge in [0.2, 0.25) is 5.91 Å². The molecule has 3 aliphatic rings. The van der Waals surface area contributed by atoms with E-state index in [2.05, 4.69) is 9.88 Å². The zero-order chi connectivity index (χ0) is 16.7. The van der Waals surface area contributed by atoms with Gasteiger partial charge in [0.05, 0.1) is 17.5 Å². The molecule has 3 fully saturated rings. The lowest BCUT2D eigenvalue weighted by Crippen LogP contribution is -2.61. The van der Waals surface area contributed by atoms with Gasteiger partial charge in [-0.2, -0.15) is 0 Å². The van der Waals surface area contributed by atoms with Gasteiger partial charge in [0, 0.05) is 44.0 Å². The summed E-state index contributed by atoms with van der Waals surface area (Å²) in [5.41, 5.74) is 1.08. The molecule has 0 bridgehead atoms. The number of piperazine rings is 1. The monoisotopic (exact) mass is 349 g/mol. The quantitative estimate of drug-likeness (QED) is 0.803. The van der Waals surface area contributed by atoms with Gasteiger partial charge in [-0.25, -0.2) is 8.42 Å². The van der Waals surface area contributed by atoms with Crippen molar-refractivity contribution in [3.05, 3.63) is 30.1 Å². The number of pyridine rings is 1. The van der Waals surface area contributed by atoms with Crippen LogP contribution in [0.25, 0.3) is 0 Å². The Hall–Kier alpha value is -1.47. The van der Waals surface area contributed by atoms with Crippen LogP contribution in [0.3, 0.4) is 0 Å². The summed E-state index contributed by atoms with van der Waals surface area (Å²) in [6.07, 6.45) is 6.59. The first-order chi connectivity index (χ1) is 11.5. The van der Waals surface area contributed by atoms with Crippen molar-refractivity contribution in [2.45, 2.75) is 37.9 Å². The lowest BCUT2D eigenvalue weighted by molar-refractivity contribution is -0.144. The van der Waals surface area contributed by atoms with Crippen LogP contribution in [0.4, 0.5) is 0 Å². The Morgan fingerprint density at radius 1 is 1.21 bits per heavy atom. The van der Waals surface area contributed by atoms with E-state index in [-0.39, 0.29) is 35.4 Å². The van der Waals surface area contributed by atoms with Crippen molar-refractivity contribution in [1.82, 2.24) is 14.8 Å². The first-order valence-corrected chi connectivity index (χ1v) is 10.5. The molecule has 1 saturated carbocycles. The standard InChI is InChI=1S/C17H23N3O3S/c21-17(14-4-1-5-14)20-8-7-19(10-13-3-2-6-18-9-13)15-11-24(22,23)12-16(15)20/h2-3,6,9,14-16H,1,4-5,7-8,10-12H2/t15-,16+/m0/s1. The second-order valence-corrected chi connectivity index (χ2v) is 9.36. The Morgan fingerprint density at radius 3 is 2.67 bits per heavy atom.